The van der Waals surface area contributed by atoms with Crippen molar-refractivity contribution < 1.29 is 10.2 Å². The van der Waals surface area contributed by atoms with Crippen LogP contribution in [0, 0.1) is 5.92 Å². The molecule has 2 N–H and O–H groups in total. The van der Waals surface area contributed by atoms with E-state index in [1.165, 1.54) is 0 Å². The molecule has 2 rings (SSSR count). The predicted octanol–water partition coefficient (Wildman–Crippen LogP) is 2.47. The van der Waals surface area contributed by atoms with Crippen molar-refractivity contribution in [1.82, 2.24) is 4.90 Å². The highest BCUT2D eigenvalue weighted by Gasteiger charge is 2.26. The second-order valence-electron chi connectivity index (χ2n) is 5.52. The van der Waals surface area contributed by atoms with Crippen molar-refractivity contribution >= 4 is 11.6 Å². The van der Waals surface area contributed by atoms with E-state index in [0.717, 1.165) is 31.4 Å². The minimum Gasteiger partial charge on any atom is -0.393 e. The summed E-state index contributed by atoms with van der Waals surface area (Å²) in [5.74, 6) is 0.337. The Kier molecular flexibility index (Phi) is 5.22. The molecule has 0 radical (unpaired) electrons. The van der Waals surface area contributed by atoms with Crippen molar-refractivity contribution in [3.8, 4) is 0 Å². The van der Waals surface area contributed by atoms with Crippen LogP contribution in [-0.4, -0.2) is 41.4 Å². The molecular formula is C15H22ClNO2. The topological polar surface area (TPSA) is 43.7 Å². The second kappa shape index (κ2) is 6.71. The van der Waals surface area contributed by atoms with Crippen molar-refractivity contribution in [2.24, 2.45) is 5.92 Å². The molecule has 3 unspecified atom stereocenters. The lowest BCUT2D eigenvalue weighted by Gasteiger charge is -2.25. The Balaban J connectivity index is 1.88. The summed E-state index contributed by atoms with van der Waals surface area (Å²) in [5.41, 5.74) is 0.767. The molecule has 0 aliphatic heterocycles. The summed E-state index contributed by atoms with van der Waals surface area (Å²) in [4.78, 5) is 2.08. The normalized spacial score (nSPS) is 24.9. The number of halogens is 1. The van der Waals surface area contributed by atoms with E-state index >= 15 is 0 Å². The molecule has 1 aromatic carbocycles. The van der Waals surface area contributed by atoms with Gasteiger partial charge in [0, 0.05) is 23.7 Å². The van der Waals surface area contributed by atoms with Gasteiger partial charge in [0.05, 0.1) is 12.2 Å². The number of nitrogens with zero attached hydrogens (tertiary/aromatic N) is 1. The van der Waals surface area contributed by atoms with Crippen LogP contribution in [0.4, 0.5) is 0 Å². The number of hydrogen-bond donors (Lipinski definition) is 2. The van der Waals surface area contributed by atoms with Crippen molar-refractivity contribution in [3.63, 3.8) is 0 Å². The Morgan fingerprint density at radius 1 is 1.37 bits per heavy atom. The van der Waals surface area contributed by atoms with Gasteiger partial charge in [0.2, 0.25) is 0 Å². The first-order valence-electron chi connectivity index (χ1n) is 6.87. The molecule has 0 amide bonds. The third-order valence-corrected chi connectivity index (χ3v) is 4.26. The molecule has 1 saturated carbocycles. The number of aliphatic hydroxyl groups is 2. The molecule has 0 heterocycles. The molecule has 1 aliphatic rings. The van der Waals surface area contributed by atoms with Gasteiger partial charge >= 0.3 is 0 Å². The van der Waals surface area contributed by atoms with Crippen LogP contribution < -0.4 is 0 Å². The van der Waals surface area contributed by atoms with Crippen LogP contribution in [0.2, 0.25) is 5.02 Å². The Morgan fingerprint density at radius 3 is 2.74 bits per heavy atom. The highest BCUT2D eigenvalue weighted by molar-refractivity contribution is 6.31. The smallest absolute Gasteiger partial charge is 0.0931 e. The van der Waals surface area contributed by atoms with Crippen molar-refractivity contribution in [2.75, 3.05) is 20.1 Å². The Labute approximate surface area is 119 Å². The third-order valence-electron chi connectivity index (χ3n) is 3.91. The van der Waals surface area contributed by atoms with Gasteiger partial charge in [0.25, 0.3) is 0 Å². The summed E-state index contributed by atoms with van der Waals surface area (Å²) < 4.78 is 0. The zero-order valence-corrected chi connectivity index (χ0v) is 12.1. The lowest BCUT2D eigenvalue weighted by Crippen LogP contribution is -2.32. The number of hydrogen-bond acceptors (Lipinski definition) is 3. The first-order valence-corrected chi connectivity index (χ1v) is 7.25. The van der Waals surface area contributed by atoms with E-state index in [1.807, 2.05) is 25.2 Å². The van der Waals surface area contributed by atoms with Crippen molar-refractivity contribution in [3.05, 3.63) is 34.9 Å². The lowest BCUT2D eigenvalue weighted by atomic mass is 10.0. The summed E-state index contributed by atoms with van der Waals surface area (Å²) in [5, 5.41) is 20.6. The molecule has 0 saturated heterocycles. The zero-order chi connectivity index (χ0) is 13.8. The van der Waals surface area contributed by atoms with Gasteiger partial charge in [-0.3, -0.25) is 0 Å². The first kappa shape index (κ1) is 14.8. The number of rotatable bonds is 5. The fourth-order valence-electron chi connectivity index (χ4n) is 2.84. The highest BCUT2D eigenvalue weighted by atomic mass is 35.5. The Hall–Kier alpha value is -0.610. The molecule has 1 fully saturated rings. The van der Waals surface area contributed by atoms with Crippen LogP contribution in [0.1, 0.15) is 30.9 Å². The summed E-state index contributed by atoms with van der Waals surface area (Å²) in [6.07, 6.45) is 2.32. The largest absolute Gasteiger partial charge is 0.393 e. The number of aliphatic hydroxyl groups excluding tert-OH is 2. The standard InChI is InChI=1S/C15H22ClNO2/c1-17(9-11-5-4-8-14(11)18)10-15(19)12-6-2-3-7-13(12)16/h2-3,6-7,11,14-15,18-19H,4-5,8-10H2,1H3. The van der Waals surface area contributed by atoms with E-state index in [2.05, 4.69) is 4.90 Å². The Morgan fingerprint density at radius 2 is 2.11 bits per heavy atom. The molecule has 1 aromatic rings. The average Bonchev–Trinajstić information content (AvgIpc) is 2.75. The molecule has 0 aromatic heterocycles. The number of likely N-dealkylation sites (N-methyl/N-ethyl adjacent to an activating group) is 1. The molecule has 0 spiro atoms. The molecule has 3 atom stereocenters. The van der Waals surface area contributed by atoms with Gasteiger partial charge in [-0.15, -0.1) is 0 Å². The van der Waals surface area contributed by atoms with E-state index < -0.39 is 6.10 Å². The van der Waals surface area contributed by atoms with Crippen molar-refractivity contribution in [2.45, 2.75) is 31.5 Å². The number of benzene rings is 1. The minimum atomic E-state index is -0.586. The molecule has 106 valence electrons. The van der Waals surface area contributed by atoms with E-state index in [1.54, 1.807) is 6.07 Å². The third kappa shape index (κ3) is 3.93. The van der Waals surface area contributed by atoms with Crippen LogP contribution >= 0.6 is 11.6 Å². The molecular weight excluding hydrogens is 262 g/mol. The van der Waals surface area contributed by atoms with Gasteiger partial charge in [-0.1, -0.05) is 36.2 Å². The fourth-order valence-corrected chi connectivity index (χ4v) is 3.11. The van der Waals surface area contributed by atoms with Gasteiger partial charge in [-0.05, 0) is 31.9 Å². The Bertz CT molecular complexity index is 413. The van der Waals surface area contributed by atoms with Crippen molar-refractivity contribution in [1.29, 1.82) is 0 Å². The molecule has 19 heavy (non-hydrogen) atoms. The zero-order valence-electron chi connectivity index (χ0n) is 11.3. The van der Waals surface area contributed by atoms with Crippen LogP contribution in [0.3, 0.4) is 0 Å². The molecule has 3 nitrogen and oxygen atoms in total. The summed E-state index contributed by atoms with van der Waals surface area (Å²) in [6.45, 7) is 1.36. The van der Waals surface area contributed by atoms with E-state index in [9.17, 15) is 10.2 Å². The maximum absolute atomic E-state index is 10.2. The lowest BCUT2D eigenvalue weighted by molar-refractivity contribution is 0.0822. The maximum atomic E-state index is 10.2. The monoisotopic (exact) mass is 283 g/mol. The quantitative estimate of drug-likeness (QED) is 0.872. The molecule has 4 heteroatoms. The van der Waals surface area contributed by atoms with E-state index in [4.69, 9.17) is 11.6 Å². The van der Waals surface area contributed by atoms with Crippen LogP contribution in [-0.2, 0) is 0 Å². The summed E-state index contributed by atoms with van der Waals surface area (Å²) in [7, 11) is 1.98. The van der Waals surface area contributed by atoms with Crippen LogP contribution in [0.5, 0.6) is 0 Å². The highest BCUT2D eigenvalue weighted by Crippen LogP contribution is 2.27. The van der Waals surface area contributed by atoms with E-state index in [-0.39, 0.29) is 6.10 Å². The van der Waals surface area contributed by atoms with Crippen LogP contribution in [0.15, 0.2) is 24.3 Å². The summed E-state index contributed by atoms with van der Waals surface area (Å²) in [6, 6.07) is 7.38. The van der Waals surface area contributed by atoms with Gasteiger partial charge in [0.15, 0.2) is 0 Å². The fraction of sp³-hybridized carbons (Fsp3) is 0.600. The second-order valence-corrected chi connectivity index (χ2v) is 5.92. The van der Waals surface area contributed by atoms with Gasteiger partial charge < -0.3 is 15.1 Å². The average molecular weight is 284 g/mol. The SMILES string of the molecule is CN(CC(O)c1ccccc1Cl)CC1CCCC1O. The van der Waals surface area contributed by atoms with Gasteiger partial charge in [-0.25, -0.2) is 0 Å². The van der Waals surface area contributed by atoms with Gasteiger partial charge in [-0.2, -0.15) is 0 Å². The van der Waals surface area contributed by atoms with Crippen LogP contribution in [0.25, 0.3) is 0 Å². The minimum absolute atomic E-state index is 0.181. The first-order chi connectivity index (χ1) is 9.08. The van der Waals surface area contributed by atoms with E-state index in [0.29, 0.717) is 17.5 Å². The summed E-state index contributed by atoms with van der Waals surface area (Å²) >= 11 is 6.08. The molecule has 0 bridgehead atoms. The maximum Gasteiger partial charge on any atom is 0.0931 e. The van der Waals surface area contributed by atoms with Gasteiger partial charge in [0.1, 0.15) is 0 Å². The predicted molar refractivity (Wildman–Crippen MR) is 77.3 cm³/mol. The molecule has 1 aliphatic carbocycles.